The van der Waals surface area contributed by atoms with Crippen molar-refractivity contribution in [2.45, 2.75) is 36.6 Å². The van der Waals surface area contributed by atoms with E-state index < -0.39 is 25.9 Å². The minimum Gasteiger partial charge on any atom is -0.238 e. The Hall–Kier alpha value is -2.49. The van der Waals surface area contributed by atoms with Gasteiger partial charge in [-0.15, -0.1) is 0 Å². The zero-order valence-corrected chi connectivity index (χ0v) is 18.3. The van der Waals surface area contributed by atoms with E-state index in [0.717, 1.165) is 28.9 Å². The zero-order valence-electron chi connectivity index (χ0n) is 16.6. The van der Waals surface area contributed by atoms with Crippen LogP contribution >= 0.6 is 0 Å². The van der Waals surface area contributed by atoms with Gasteiger partial charge in [0.25, 0.3) is 0 Å². The fourth-order valence-corrected chi connectivity index (χ4v) is 4.89. The highest BCUT2D eigenvalue weighted by Crippen LogP contribution is 2.20. The van der Waals surface area contributed by atoms with Crippen molar-refractivity contribution in [2.75, 3.05) is 6.26 Å². The summed E-state index contributed by atoms with van der Waals surface area (Å²) in [6.45, 7) is 5.65. The standard InChI is InChI=1S/C20H23N3O4S2/c1-14-13-15(2)23(21-14)18-7-5-17(6-8-18)16(3)22-29(26,27)20-11-9-19(10-12-20)28(4,24)25/h5-13,16,22H,1-4H3. The Labute approximate surface area is 171 Å². The zero-order chi connectivity index (χ0) is 21.4. The summed E-state index contributed by atoms with van der Waals surface area (Å²) in [5.74, 6) is 0. The van der Waals surface area contributed by atoms with Gasteiger partial charge < -0.3 is 0 Å². The second kappa shape index (κ2) is 7.74. The van der Waals surface area contributed by atoms with Gasteiger partial charge in [-0.1, -0.05) is 12.1 Å². The van der Waals surface area contributed by atoms with E-state index in [0.29, 0.717) is 0 Å². The van der Waals surface area contributed by atoms with E-state index in [1.54, 1.807) is 6.92 Å². The molecule has 3 rings (SSSR count). The highest BCUT2D eigenvalue weighted by molar-refractivity contribution is 7.90. The van der Waals surface area contributed by atoms with Crippen LogP contribution in [0.25, 0.3) is 5.69 Å². The first-order valence-electron chi connectivity index (χ1n) is 8.93. The van der Waals surface area contributed by atoms with E-state index >= 15 is 0 Å². The minimum absolute atomic E-state index is 0.0102. The predicted molar refractivity (Wildman–Crippen MR) is 111 cm³/mol. The van der Waals surface area contributed by atoms with Crippen molar-refractivity contribution in [1.82, 2.24) is 14.5 Å². The van der Waals surface area contributed by atoms with Gasteiger partial charge in [0, 0.05) is 18.0 Å². The van der Waals surface area contributed by atoms with Crippen LogP contribution in [0.1, 0.15) is 29.9 Å². The molecular weight excluding hydrogens is 410 g/mol. The molecule has 154 valence electrons. The Morgan fingerprint density at radius 2 is 1.45 bits per heavy atom. The van der Waals surface area contributed by atoms with Crippen molar-refractivity contribution in [2.24, 2.45) is 0 Å². The summed E-state index contributed by atoms with van der Waals surface area (Å²) in [5, 5.41) is 4.44. The van der Waals surface area contributed by atoms with E-state index in [1.807, 2.05) is 48.9 Å². The molecule has 1 aromatic heterocycles. The summed E-state index contributed by atoms with van der Waals surface area (Å²) in [7, 11) is -7.18. The smallest absolute Gasteiger partial charge is 0.238 e. The van der Waals surface area contributed by atoms with Gasteiger partial charge in [-0.05, 0) is 68.8 Å². The molecule has 2 aromatic carbocycles. The van der Waals surface area contributed by atoms with Crippen molar-refractivity contribution in [1.29, 1.82) is 0 Å². The molecule has 9 heteroatoms. The molecule has 0 amide bonds. The summed E-state index contributed by atoms with van der Waals surface area (Å²) < 4.78 is 52.8. The van der Waals surface area contributed by atoms with Crippen molar-refractivity contribution in [3.05, 3.63) is 71.5 Å². The van der Waals surface area contributed by atoms with Gasteiger partial charge in [0.1, 0.15) is 0 Å². The van der Waals surface area contributed by atoms with Gasteiger partial charge in [0.15, 0.2) is 9.84 Å². The molecule has 0 bridgehead atoms. The number of rotatable bonds is 6. The first kappa shape index (κ1) is 21.2. The molecule has 1 heterocycles. The van der Waals surface area contributed by atoms with Crippen LogP contribution in [0.3, 0.4) is 0 Å². The first-order valence-corrected chi connectivity index (χ1v) is 12.3. The lowest BCUT2D eigenvalue weighted by atomic mass is 10.1. The Bertz CT molecular complexity index is 1230. The molecule has 1 atom stereocenters. The molecule has 0 saturated carbocycles. The minimum atomic E-state index is -3.80. The summed E-state index contributed by atoms with van der Waals surface area (Å²) in [6.07, 6.45) is 1.08. The van der Waals surface area contributed by atoms with Crippen molar-refractivity contribution >= 4 is 19.9 Å². The predicted octanol–water partition coefficient (Wildman–Crippen LogP) is 2.93. The van der Waals surface area contributed by atoms with Crippen molar-refractivity contribution < 1.29 is 16.8 Å². The van der Waals surface area contributed by atoms with Crippen LogP contribution in [0.2, 0.25) is 0 Å². The van der Waals surface area contributed by atoms with Crippen LogP contribution in [-0.2, 0) is 19.9 Å². The number of nitrogens with one attached hydrogen (secondary N) is 1. The third-order valence-corrected chi connectivity index (χ3v) is 7.23. The van der Waals surface area contributed by atoms with Crippen LogP contribution in [0.15, 0.2) is 64.4 Å². The van der Waals surface area contributed by atoms with Crippen LogP contribution in [0, 0.1) is 13.8 Å². The second-order valence-corrected chi connectivity index (χ2v) is 10.7. The number of nitrogens with zero attached hydrogens (tertiary/aromatic N) is 2. The van der Waals surface area contributed by atoms with Crippen LogP contribution in [-0.4, -0.2) is 32.9 Å². The molecule has 1 unspecified atom stereocenters. The first-order chi connectivity index (χ1) is 13.5. The average Bonchev–Trinajstić information content (AvgIpc) is 2.99. The van der Waals surface area contributed by atoms with Crippen molar-refractivity contribution in [3.63, 3.8) is 0 Å². The molecule has 0 fully saturated rings. The molecule has 0 saturated heterocycles. The van der Waals surface area contributed by atoms with E-state index in [1.165, 1.54) is 24.3 Å². The molecule has 0 aliphatic heterocycles. The molecule has 3 aromatic rings. The third-order valence-electron chi connectivity index (χ3n) is 4.54. The highest BCUT2D eigenvalue weighted by Gasteiger charge is 2.19. The van der Waals surface area contributed by atoms with Gasteiger partial charge in [-0.3, -0.25) is 0 Å². The second-order valence-electron chi connectivity index (χ2n) is 7.02. The summed E-state index contributed by atoms with van der Waals surface area (Å²) in [5.41, 5.74) is 3.63. The molecule has 7 nitrogen and oxygen atoms in total. The molecule has 0 spiro atoms. The number of hydrogen-bond acceptors (Lipinski definition) is 5. The lowest BCUT2D eigenvalue weighted by Crippen LogP contribution is -2.27. The maximum Gasteiger partial charge on any atom is 0.241 e. The number of hydrogen-bond donors (Lipinski definition) is 1. The van der Waals surface area contributed by atoms with E-state index in [9.17, 15) is 16.8 Å². The van der Waals surface area contributed by atoms with Gasteiger partial charge in [-0.25, -0.2) is 26.2 Å². The normalized spacial score (nSPS) is 13.4. The van der Waals surface area contributed by atoms with Crippen LogP contribution < -0.4 is 4.72 Å². The maximum atomic E-state index is 12.6. The molecule has 0 aliphatic rings. The summed E-state index contributed by atoms with van der Waals surface area (Å²) in [4.78, 5) is 0.0836. The van der Waals surface area contributed by atoms with E-state index in [-0.39, 0.29) is 9.79 Å². The number of sulfone groups is 1. The summed E-state index contributed by atoms with van der Waals surface area (Å²) >= 11 is 0. The third kappa shape index (κ3) is 4.75. The monoisotopic (exact) mass is 433 g/mol. The fourth-order valence-electron chi connectivity index (χ4n) is 3.03. The van der Waals surface area contributed by atoms with Gasteiger partial charge in [0.05, 0.1) is 21.2 Å². The summed E-state index contributed by atoms with van der Waals surface area (Å²) in [6, 6.07) is 14.2. The Morgan fingerprint density at radius 3 is 1.93 bits per heavy atom. The molecule has 29 heavy (non-hydrogen) atoms. The average molecular weight is 434 g/mol. The Morgan fingerprint density at radius 1 is 0.897 bits per heavy atom. The lowest BCUT2D eigenvalue weighted by molar-refractivity contribution is 0.566. The Kier molecular flexibility index (Phi) is 5.66. The molecule has 1 N–H and O–H groups in total. The molecular formula is C20H23N3O4S2. The largest absolute Gasteiger partial charge is 0.241 e. The van der Waals surface area contributed by atoms with Gasteiger partial charge >= 0.3 is 0 Å². The van der Waals surface area contributed by atoms with Crippen molar-refractivity contribution in [3.8, 4) is 5.69 Å². The number of aryl methyl sites for hydroxylation is 2. The van der Waals surface area contributed by atoms with E-state index in [4.69, 9.17) is 0 Å². The number of aromatic nitrogens is 2. The van der Waals surface area contributed by atoms with Gasteiger partial charge in [0.2, 0.25) is 10.0 Å². The van der Waals surface area contributed by atoms with Gasteiger partial charge in [-0.2, -0.15) is 5.10 Å². The lowest BCUT2D eigenvalue weighted by Gasteiger charge is -2.15. The fraction of sp³-hybridized carbons (Fsp3) is 0.250. The van der Waals surface area contributed by atoms with Crippen LogP contribution in [0.5, 0.6) is 0 Å². The molecule has 0 aliphatic carbocycles. The van der Waals surface area contributed by atoms with Crippen LogP contribution in [0.4, 0.5) is 0 Å². The highest BCUT2D eigenvalue weighted by atomic mass is 32.2. The SMILES string of the molecule is Cc1cc(C)n(-c2ccc(C(C)NS(=O)(=O)c3ccc(S(C)(=O)=O)cc3)cc2)n1. The Balaban J connectivity index is 1.78. The topological polar surface area (TPSA) is 98.1 Å². The number of benzene rings is 2. The quantitative estimate of drug-likeness (QED) is 0.644. The van der Waals surface area contributed by atoms with E-state index in [2.05, 4.69) is 9.82 Å². The molecule has 0 radical (unpaired) electrons. The maximum absolute atomic E-state index is 12.6. The number of sulfonamides is 1.